The Morgan fingerprint density at radius 1 is 1.32 bits per heavy atom. The molecule has 4 rings (SSSR count). The molecule has 0 amide bonds. The van der Waals surface area contributed by atoms with Crippen molar-refractivity contribution in [3.05, 3.63) is 36.3 Å². The molecule has 22 heavy (non-hydrogen) atoms. The van der Waals surface area contributed by atoms with Crippen molar-refractivity contribution in [2.24, 2.45) is 0 Å². The van der Waals surface area contributed by atoms with Gasteiger partial charge in [-0.05, 0) is 18.6 Å². The van der Waals surface area contributed by atoms with Gasteiger partial charge in [-0.2, -0.15) is 4.98 Å². The summed E-state index contributed by atoms with van der Waals surface area (Å²) in [5.41, 5.74) is 2.81. The van der Waals surface area contributed by atoms with E-state index in [1.54, 1.807) is 6.20 Å². The van der Waals surface area contributed by atoms with Crippen LogP contribution in [-0.2, 0) is 0 Å². The summed E-state index contributed by atoms with van der Waals surface area (Å²) in [6, 6.07) is 3.83. The van der Waals surface area contributed by atoms with Crippen LogP contribution in [0.15, 0.2) is 30.7 Å². The first kappa shape index (κ1) is 12.8. The monoisotopic (exact) mass is 297 g/mol. The van der Waals surface area contributed by atoms with Crippen LogP contribution in [0.1, 0.15) is 5.56 Å². The van der Waals surface area contributed by atoms with Gasteiger partial charge in [0, 0.05) is 18.8 Å². The van der Waals surface area contributed by atoms with Crippen molar-refractivity contribution < 1.29 is 9.47 Å². The number of benzene rings is 1. The molecule has 0 fully saturated rings. The molecule has 0 unspecified atom stereocenters. The Bertz CT molecular complexity index is 790. The van der Waals surface area contributed by atoms with Crippen LogP contribution < -0.4 is 25.0 Å². The summed E-state index contributed by atoms with van der Waals surface area (Å²) in [5, 5.41) is 6.34. The first-order chi connectivity index (χ1) is 10.6. The van der Waals surface area contributed by atoms with Gasteiger partial charge in [-0.15, -0.1) is 0 Å². The van der Waals surface area contributed by atoms with Gasteiger partial charge < -0.3 is 25.0 Å². The second-order valence-electron chi connectivity index (χ2n) is 5.20. The van der Waals surface area contributed by atoms with E-state index in [-0.39, 0.29) is 6.79 Å². The minimum absolute atomic E-state index is 0.256. The highest BCUT2D eigenvalue weighted by Crippen LogP contribution is 2.38. The lowest BCUT2D eigenvalue weighted by atomic mass is 10.2. The summed E-state index contributed by atoms with van der Waals surface area (Å²) >= 11 is 0. The summed E-state index contributed by atoms with van der Waals surface area (Å²) in [6.45, 7) is 6.16. The van der Waals surface area contributed by atoms with Crippen molar-refractivity contribution in [3.63, 3.8) is 0 Å². The molecule has 3 heterocycles. The molecule has 7 nitrogen and oxygen atoms in total. The van der Waals surface area contributed by atoms with E-state index in [4.69, 9.17) is 9.47 Å². The first-order valence-electron chi connectivity index (χ1n) is 6.86. The summed E-state index contributed by atoms with van der Waals surface area (Å²) in [5.74, 6) is 3.51. The number of aromatic nitrogens is 2. The zero-order valence-corrected chi connectivity index (χ0v) is 12.3. The largest absolute Gasteiger partial charge is 0.454 e. The molecule has 1 aromatic heterocycles. The molecular weight excluding hydrogens is 282 g/mol. The van der Waals surface area contributed by atoms with Gasteiger partial charge in [-0.1, -0.05) is 6.58 Å². The molecule has 0 radical (unpaired) electrons. The standard InChI is InChI=1S/C15H15N5O2/c1-8-4-12-13(22-7-21-12)5-10(8)18-15-16-6-11-14(19-15)17-9(2)20(11)3/h4-6H,2,7H2,1,3H3,(H2,16,17,18,19). The first-order valence-corrected chi connectivity index (χ1v) is 6.86. The summed E-state index contributed by atoms with van der Waals surface area (Å²) in [7, 11) is 1.92. The SMILES string of the molecule is C=C1Nc2nc(Nc3cc4c(cc3C)OCO4)ncc2N1C. The fourth-order valence-electron chi connectivity index (χ4n) is 2.44. The van der Waals surface area contributed by atoms with E-state index >= 15 is 0 Å². The fraction of sp³-hybridized carbons (Fsp3) is 0.200. The number of hydrogen-bond acceptors (Lipinski definition) is 7. The Labute approximate surface area is 127 Å². The summed E-state index contributed by atoms with van der Waals surface area (Å²) in [4.78, 5) is 10.7. The fourth-order valence-corrected chi connectivity index (χ4v) is 2.44. The molecule has 0 aliphatic carbocycles. The molecule has 1 aromatic carbocycles. The summed E-state index contributed by atoms with van der Waals surface area (Å²) in [6.07, 6.45) is 1.76. The highest BCUT2D eigenvalue weighted by atomic mass is 16.7. The highest BCUT2D eigenvalue weighted by Gasteiger charge is 2.22. The molecule has 2 aromatic rings. The smallest absolute Gasteiger partial charge is 0.231 e. The zero-order valence-electron chi connectivity index (χ0n) is 12.3. The number of nitrogens with zero attached hydrogens (tertiary/aromatic N) is 3. The minimum Gasteiger partial charge on any atom is -0.454 e. The van der Waals surface area contributed by atoms with E-state index in [9.17, 15) is 0 Å². The number of hydrogen-bond donors (Lipinski definition) is 2. The van der Waals surface area contributed by atoms with E-state index in [1.807, 2.05) is 31.0 Å². The van der Waals surface area contributed by atoms with Crippen LogP contribution in [0.4, 0.5) is 23.1 Å². The normalized spacial score (nSPS) is 14.8. The van der Waals surface area contributed by atoms with E-state index < -0.39 is 0 Å². The lowest BCUT2D eigenvalue weighted by Gasteiger charge is -2.11. The Morgan fingerprint density at radius 2 is 2.09 bits per heavy atom. The van der Waals surface area contributed by atoms with E-state index in [0.717, 1.165) is 40.1 Å². The number of fused-ring (bicyclic) bond motifs is 2. The highest BCUT2D eigenvalue weighted by molar-refractivity contribution is 5.77. The predicted molar refractivity (Wildman–Crippen MR) is 83.8 cm³/mol. The van der Waals surface area contributed by atoms with Gasteiger partial charge in [0.25, 0.3) is 0 Å². The van der Waals surface area contributed by atoms with Gasteiger partial charge in [0.05, 0.1) is 6.20 Å². The number of nitrogens with one attached hydrogen (secondary N) is 2. The third-order valence-corrected chi connectivity index (χ3v) is 3.76. The summed E-state index contributed by atoms with van der Waals surface area (Å²) < 4.78 is 10.8. The Kier molecular flexibility index (Phi) is 2.62. The second kappa shape index (κ2) is 4.52. The number of anilines is 4. The molecule has 0 saturated carbocycles. The molecule has 0 saturated heterocycles. The molecule has 0 bridgehead atoms. The van der Waals surface area contributed by atoms with Crippen molar-refractivity contribution in [2.75, 3.05) is 29.4 Å². The van der Waals surface area contributed by atoms with Crippen LogP contribution >= 0.6 is 0 Å². The molecule has 0 spiro atoms. The number of aryl methyl sites for hydroxylation is 1. The van der Waals surface area contributed by atoms with Gasteiger partial charge in [-0.3, -0.25) is 0 Å². The van der Waals surface area contributed by atoms with Crippen LogP contribution in [0.3, 0.4) is 0 Å². The van der Waals surface area contributed by atoms with Crippen molar-refractivity contribution in [2.45, 2.75) is 6.92 Å². The maximum Gasteiger partial charge on any atom is 0.231 e. The minimum atomic E-state index is 0.256. The maximum atomic E-state index is 5.40. The average Bonchev–Trinajstić information content (AvgIpc) is 3.04. The van der Waals surface area contributed by atoms with Crippen molar-refractivity contribution in [1.29, 1.82) is 0 Å². The Morgan fingerprint density at radius 3 is 2.91 bits per heavy atom. The lowest BCUT2D eigenvalue weighted by molar-refractivity contribution is 0.174. The van der Waals surface area contributed by atoms with Crippen LogP contribution in [0.25, 0.3) is 0 Å². The molecule has 2 aliphatic heterocycles. The van der Waals surface area contributed by atoms with E-state index in [1.165, 1.54) is 0 Å². The molecule has 2 N–H and O–H groups in total. The van der Waals surface area contributed by atoms with Gasteiger partial charge in [-0.25, -0.2) is 4.98 Å². The van der Waals surface area contributed by atoms with Gasteiger partial charge in [0.15, 0.2) is 17.3 Å². The Hall–Kier alpha value is -2.96. The number of ether oxygens (including phenoxy) is 2. The zero-order chi connectivity index (χ0) is 15.3. The van der Waals surface area contributed by atoms with Gasteiger partial charge in [0.1, 0.15) is 11.5 Å². The van der Waals surface area contributed by atoms with Crippen LogP contribution in [0.5, 0.6) is 11.5 Å². The molecule has 2 aliphatic rings. The van der Waals surface area contributed by atoms with Crippen molar-refractivity contribution in [1.82, 2.24) is 9.97 Å². The molecule has 112 valence electrons. The third kappa shape index (κ3) is 1.90. The average molecular weight is 297 g/mol. The van der Waals surface area contributed by atoms with Crippen LogP contribution in [0, 0.1) is 6.92 Å². The van der Waals surface area contributed by atoms with Gasteiger partial charge in [0.2, 0.25) is 12.7 Å². The predicted octanol–water partition coefficient (Wildman–Crippen LogP) is 2.59. The second-order valence-corrected chi connectivity index (χ2v) is 5.20. The van der Waals surface area contributed by atoms with Crippen molar-refractivity contribution >= 4 is 23.1 Å². The molecule has 7 heteroatoms. The Balaban J connectivity index is 1.65. The third-order valence-electron chi connectivity index (χ3n) is 3.76. The molecule has 0 atom stereocenters. The lowest BCUT2D eigenvalue weighted by Crippen LogP contribution is -2.12. The van der Waals surface area contributed by atoms with Gasteiger partial charge >= 0.3 is 0 Å². The van der Waals surface area contributed by atoms with Crippen LogP contribution in [-0.4, -0.2) is 23.8 Å². The van der Waals surface area contributed by atoms with E-state index in [0.29, 0.717) is 5.95 Å². The number of rotatable bonds is 2. The quantitative estimate of drug-likeness (QED) is 0.882. The topological polar surface area (TPSA) is 71.5 Å². The van der Waals surface area contributed by atoms with E-state index in [2.05, 4.69) is 27.2 Å². The van der Waals surface area contributed by atoms with Crippen molar-refractivity contribution in [3.8, 4) is 11.5 Å². The molecular formula is C15H15N5O2. The van der Waals surface area contributed by atoms with Crippen LogP contribution in [0.2, 0.25) is 0 Å². The maximum absolute atomic E-state index is 5.40.